The molecule has 2 aromatic rings. The van der Waals surface area contributed by atoms with Crippen molar-refractivity contribution in [3.63, 3.8) is 0 Å². The Morgan fingerprint density at radius 1 is 1.27 bits per heavy atom. The van der Waals surface area contributed by atoms with Crippen molar-refractivity contribution >= 4 is 27.3 Å². The molecule has 22 heavy (non-hydrogen) atoms. The minimum absolute atomic E-state index is 0.0797. The monoisotopic (exact) mass is 344 g/mol. The molecule has 1 heterocycles. The first-order chi connectivity index (χ1) is 10.4. The number of hydrogen-bond acceptors (Lipinski definition) is 5. The number of rotatable bonds is 6. The molecule has 0 saturated carbocycles. The summed E-state index contributed by atoms with van der Waals surface area (Å²) in [6, 6.07) is 4.76. The molecule has 0 bridgehead atoms. The van der Waals surface area contributed by atoms with Crippen LogP contribution in [0.15, 0.2) is 46.0 Å². The number of thiophene rings is 1. The van der Waals surface area contributed by atoms with E-state index in [1.54, 1.807) is 16.8 Å². The van der Waals surface area contributed by atoms with Gasteiger partial charge in [0.1, 0.15) is 11.9 Å². The van der Waals surface area contributed by atoms with Gasteiger partial charge in [0.15, 0.2) is 0 Å². The summed E-state index contributed by atoms with van der Waals surface area (Å²) in [5.74, 6) is -1.45. The van der Waals surface area contributed by atoms with E-state index in [4.69, 9.17) is 5.21 Å². The highest BCUT2D eigenvalue weighted by Crippen LogP contribution is 2.13. The van der Waals surface area contributed by atoms with E-state index in [2.05, 4.69) is 4.72 Å². The SMILES string of the molecule is O=C(NO)C(Cc1ccsc1)NS(=O)(=O)c1ccc(F)cc1. The van der Waals surface area contributed by atoms with Gasteiger partial charge in [-0.25, -0.2) is 18.3 Å². The molecule has 1 aromatic heterocycles. The van der Waals surface area contributed by atoms with Gasteiger partial charge in [-0.15, -0.1) is 0 Å². The molecule has 0 spiro atoms. The van der Waals surface area contributed by atoms with E-state index < -0.39 is 27.8 Å². The summed E-state index contributed by atoms with van der Waals surface area (Å²) >= 11 is 1.40. The van der Waals surface area contributed by atoms with Crippen LogP contribution in [-0.2, 0) is 21.2 Å². The Morgan fingerprint density at radius 2 is 1.95 bits per heavy atom. The van der Waals surface area contributed by atoms with Crippen molar-refractivity contribution in [1.29, 1.82) is 0 Å². The maximum absolute atomic E-state index is 12.9. The highest BCUT2D eigenvalue weighted by atomic mass is 32.2. The van der Waals surface area contributed by atoms with Crippen LogP contribution in [0.3, 0.4) is 0 Å². The van der Waals surface area contributed by atoms with E-state index in [-0.39, 0.29) is 11.3 Å². The summed E-state index contributed by atoms with van der Waals surface area (Å²) in [5.41, 5.74) is 2.19. The summed E-state index contributed by atoms with van der Waals surface area (Å²) in [4.78, 5) is 11.5. The zero-order chi connectivity index (χ0) is 16.2. The molecule has 3 N–H and O–H groups in total. The maximum Gasteiger partial charge on any atom is 0.261 e. The molecule has 0 aliphatic heterocycles. The van der Waals surface area contributed by atoms with E-state index in [9.17, 15) is 17.6 Å². The van der Waals surface area contributed by atoms with Gasteiger partial charge < -0.3 is 0 Å². The van der Waals surface area contributed by atoms with Crippen LogP contribution in [0.4, 0.5) is 4.39 Å². The van der Waals surface area contributed by atoms with E-state index >= 15 is 0 Å². The Bertz CT molecular complexity index is 730. The van der Waals surface area contributed by atoms with Gasteiger partial charge in [0, 0.05) is 0 Å². The molecule has 0 fully saturated rings. The molecule has 118 valence electrons. The zero-order valence-corrected chi connectivity index (χ0v) is 12.8. The fourth-order valence-corrected chi connectivity index (χ4v) is 3.66. The van der Waals surface area contributed by atoms with Gasteiger partial charge in [-0.05, 0) is 53.1 Å². The Hall–Kier alpha value is -1.81. The van der Waals surface area contributed by atoms with E-state index in [1.807, 2.05) is 0 Å². The van der Waals surface area contributed by atoms with Crippen molar-refractivity contribution in [3.05, 3.63) is 52.5 Å². The normalized spacial score (nSPS) is 12.8. The molecule has 1 atom stereocenters. The van der Waals surface area contributed by atoms with Crippen LogP contribution in [0, 0.1) is 5.82 Å². The second-order valence-electron chi connectivity index (χ2n) is 4.44. The molecular formula is C13H13FN2O4S2. The summed E-state index contributed by atoms with van der Waals surface area (Å²) in [7, 11) is -4.02. The molecule has 2 rings (SSSR count). The van der Waals surface area contributed by atoms with Gasteiger partial charge in [-0.2, -0.15) is 16.1 Å². The van der Waals surface area contributed by atoms with Crippen LogP contribution in [0.1, 0.15) is 5.56 Å². The second kappa shape index (κ2) is 6.97. The summed E-state index contributed by atoms with van der Waals surface area (Å²) in [5, 5.41) is 12.3. The molecule has 0 radical (unpaired) electrons. The van der Waals surface area contributed by atoms with E-state index in [0.717, 1.165) is 29.8 Å². The van der Waals surface area contributed by atoms with Crippen LogP contribution in [0.25, 0.3) is 0 Å². The van der Waals surface area contributed by atoms with E-state index in [1.165, 1.54) is 16.8 Å². The third-order valence-corrected chi connectivity index (χ3v) is 5.09. The van der Waals surface area contributed by atoms with Gasteiger partial charge in [-0.3, -0.25) is 10.0 Å². The van der Waals surface area contributed by atoms with Crippen molar-refractivity contribution in [2.24, 2.45) is 0 Å². The fourth-order valence-electron chi connectivity index (χ4n) is 1.78. The number of nitrogens with one attached hydrogen (secondary N) is 2. The molecule has 1 amide bonds. The third kappa shape index (κ3) is 4.10. The third-order valence-electron chi connectivity index (χ3n) is 2.87. The van der Waals surface area contributed by atoms with Gasteiger partial charge in [-0.1, -0.05) is 0 Å². The quantitative estimate of drug-likeness (QED) is 0.543. The highest BCUT2D eigenvalue weighted by Gasteiger charge is 2.26. The predicted octanol–water partition coefficient (Wildman–Crippen LogP) is 1.28. The first kappa shape index (κ1) is 16.6. The van der Waals surface area contributed by atoms with Crippen molar-refractivity contribution in [1.82, 2.24) is 10.2 Å². The lowest BCUT2D eigenvalue weighted by Crippen LogP contribution is -2.47. The fraction of sp³-hybridized carbons (Fsp3) is 0.154. The lowest BCUT2D eigenvalue weighted by atomic mass is 10.1. The Labute approximate surface area is 130 Å². The van der Waals surface area contributed by atoms with Gasteiger partial charge in [0.2, 0.25) is 10.0 Å². The number of amides is 1. The number of carbonyl (C=O) groups is 1. The lowest BCUT2D eigenvalue weighted by molar-refractivity contribution is -0.130. The molecule has 6 nitrogen and oxygen atoms in total. The largest absolute Gasteiger partial charge is 0.289 e. The van der Waals surface area contributed by atoms with Gasteiger partial charge in [0.05, 0.1) is 4.90 Å². The van der Waals surface area contributed by atoms with Crippen molar-refractivity contribution in [3.8, 4) is 0 Å². The molecule has 1 unspecified atom stereocenters. The Balaban J connectivity index is 2.21. The second-order valence-corrected chi connectivity index (χ2v) is 6.93. The summed E-state index contributed by atoms with van der Waals surface area (Å²) < 4.78 is 39.5. The zero-order valence-electron chi connectivity index (χ0n) is 11.2. The minimum atomic E-state index is -4.02. The summed E-state index contributed by atoms with van der Waals surface area (Å²) in [6.07, 6.45) is 0.0797. The number of halogens is 1. The number of hydroxylamine groups is 1. The first-order valence-corrected chi connectivity index (χ1v) is 8.58. The lowest BCUT2D eigenvalue weighted by Gasteiger charge is -2.16. The van der Waals surface area contributed by atoms with Crippen LogP contribution >= 0.6 is 11.3 Å². The Kier molecular flexibility index (Phi) is 5.24. The molecule has 0 aliphatic rings. The molecule has 9 heteroatoms. The van der Waals surface area contributed by atoms with Crippen LogP contribution < -0.4 is 10.2 Å². The van der Waals surface area contributed by atoms with Crippen LogP contribution in [0.2, 0.25) is 0 Å². The average Bonchev–Trinajstić information content (AvgIpc) is 2.99. The number of carbonyl (C=O) groups excluding carboxylic acids is 1. The molecule has 1 aromatic carbocycles. The van der Waals surface area contributed by atoms with Crippen molar-refractivity contribution < 1.29 is 22.8 Å². The maximum atomic E-state index is 12.9. The number of sulfonamides is 1. The predicted molar refractivity (Wildman–Crippen MR) is 78.5 cm³/mol. The van der Waals surface area contributed by atoms with Crippen molar-refractivity contribution in [2.75, 3.05) is 0 Å². The molecular weight excluding hydrogens is 331 g/mol. The molecule has 0 saturated heterocycles. The standard InChI is InChI=1S/C13H13FN2O4S2/c14-10-1-3-11(4-2-10)22(19,20)16-12(13(17)15-18)7-9-5-6-21-8-9/h1-6,8,12,16,18H,7H2,(H,15,17). The van der Waals surface area contributed by atoms with Gasteiger partial charge >= 0.3 is 0 Å². The van der Waals surface area contributed by atoms with E-state index in [0.29, 0.717) is 0 Å². The highest BCUT2D eigenvalue weighted by molar-refractivity contribution is 7.89. The first-order valence-electron chi connectivity index (χ1n) is 6.15. The van der Waals surface area contributed by atoms with Crippen molar-refractivity contribution in [2.45, 2.75) is 17.4 Å². The number of hydrogen-bond donors (Lipinski definition) is 3. The van der Waals surface area contributed by atoms with Gasteiger partial charge in [0.25, 0.3) is 5.91 Å². The molecule has 0 aliphatic carbocycles. The van der Waals surface area contributed by atoms with Crippen LogP contribution in [-0.4, -0.2) is 25.6 Å². The van der Waals surface area contributed by atoms with Crippen LogP contribution in [0.5, 0.6) is 0 Å². The Morgan fingerprint density at radius 3 is 2.50 bits per heavy atom. The average molecular weight is 344 g/mol. The smallest absolute Gasteiger partial charge is 0.261 e. The topological polar surface area (TPSA) is 95.5 Å². The minimum Gasteiger partial charge on any atom is -0.289 e. The summed E-state index contributed by atoms with van der Waals surface area (Å²) in [6.45, 7) is 0. The number of benzene rings is 1.